The second kappa shape index (κ2) is 4.20. The van der Waals surface area contributed by atoms with Gasteiger partial charge in [0.2, 0.25) is 0 Å². The Morgan fingerprint density at radius 2 is 2.33 bits per heavy atom. The normalized spacial score (nSPS) is 25.8. The summed E-state index contributed by atoms with van der Waals surface area (Å²) in [6, 6.07) is 5.02. The van der Waals surface area contributed by atoms with Crippen molar-refractivity contribution in [1.82, 2.24) is 5.32 Å². The highest BCUT2D eigenvalue weighted by atomic mass is 79.9. The molecular weight excluding hydrogens is 261 g/mol. The van der Waals surface area contributed by atoms with Gasteiger partial charge in [0, 0.05) is 16.4 Å². The second-order valence-corrected chi connectivity index (χ2v) is 4.91. The van der Waals surface area contributed by atoms with Crippen molar-refractivity contribution in [3.05, 3.63) is 34.1 Å². The standard InChI is InChI=1S/C11H13BrFNO/c12-8-1-2-9(10(13)5-8)11(7-15)3-4-14-6-11/h1-2,5,14-15H,3-4,6-7H2. The minimum atomic E-state index is -0.440. The zero-order valence-electron chi connectivity index (χ0n) is 8.26. The molecule has 0 aliphatic carbocycles. The Morgan fingerprint density at radius 3 is 2.87 bits per heavy atom. The van der Waals surface area contributed by atoms with Crippen molar-refractivity contribution in [2.45, 2.75) is 11.8 Å². The van der Waals surface area contributed by atoms with Gasteiger partial charge in [-0.15, -0.1) is 0 Å². The zero-order chi connectivity index (χ0) is 10.9. The molecule has 2 N–H and O–H groups in total. The number of benzene rings is 1. The number of rotatable bonds is 2. The smallest absolute Gasteiger partial charge is 0.128 e. The molecule has 0 aromatic heterocycles. The Kier molecular flexibility index (Phi) is 3.09. The van der Waals surface area contributed by atoms with E-state index in [2.05, 4.69) is 21.2 Å². The molecule has 1 heterocycles. The fourth-order valence-electron chi connectivity index (χ4n) is 2.11. The summed E-state index contributed by atoms with van der Waals surface area (Å²) in [7, 11) is 0. The molecule has 0 saturated carbocycles. The summed E-state index contributed by atoms with van der Waals surface area (Å²) in [6.07, 6.45) is 0.780. The van der Waals surface area contributed by atoms with Crippen LogP contribution in [0.1, 0.15) is 12.0 Å². The SMILES string of the molecule is OCC1(c2ccc(Br)cc2F)CCNC1. The lowest BCUT2D eigenvalue weighted by molar-refractivity contribution is 0.202. The van der Waals surface area contributed by atoms with E-state index in [-0.39, 0.29) is 12.4 Å². The van der Waals surface area contributed by atoms with E-state index >= 15 is 0 Å². The van der Waals surface area contributed by atoms with Crippen LogP contribution in [-0.2, 0) is 5.41 Å². The van der Waals surface area contributed by atoms with Gasteiger partial charge in [0.15, 0.2) is 0 Å². The predicted molar refractivity (Wildman–Crippen MR) is 60.4 cm³/mol. The molecule has 1 atom stereocenters. The van der Waals surface area contributed by atoms with Crippen molar-refractivity contribution in [2.75, 3.05) is 19.7 Å². The number of hydrogen-bond donors (Lipinski definition) is 2. The van der Waals surface area contributed by atoms with Crippen molar-refractivity contribution in [2.24, 2.45) is 0 Å². The van der Waals surface area contributed by atoms with E-state index in [1.807, 2.05) is 6.07 Å². The van der Waals surface area contributed by atoms with Gasteiger partial charge in [0.05, 0.1) is 6.61 Å². The number of halogens is 2. The third-order valence-corrected chi connectivity index (χ3v) is 3.54. The topological polar surface area (TPSA) is 32.3 Å². The lowest BCUT2D eigenvalue weighted by Gasteiger charge is -2.26. The molecule has 0 spiro atoms. The molecule has 4 heteroatoms. The summed E-state index contributed by atoms with van der Waals surface area (Å²) in [5, 5.41) is 12.6. The van der Waals surface area contributed by atoms with Crippen LogP contribution < -0.4 is 5.32 Å². The van der Waals surface area contributed by atoms with Gasteiger partial charge >= 0.3 is 0 Å². The maximum atomic E-state index is 13.8. The summed E-state index contributed by atoms with van der Waals surface area (Å²) < 4.78 is 14.5. The van der Waals surface area contributed by atoms with Gasteiger partial charge in [-0.25, -0.2) is 4.39 Å². The average molecular weight is 274 g/mol. The van der Waals surface area contributed by atoms with Crippen LogP contribution in [0.5, 0.6) is 0 Å². The largest absolute Gasteiger partial charge is 0.395 e. The Bertz CT molecular complexity index is 364. The number of aliphatic hydroxyl groups excluding tert-OH is 1. The quantitative estimate of drug-likeness (QED) is 0.862. The van der Waals surface area contributed by atoms with Crippen molar-refractivity contribution in [3.63, 3.8) is 0 Å². The van der Waals surface area contributed by atoms with Gasteiger partial charge in [-0.1, -0.05) is 22.0 Å². The van der Waals surface area contributed by atoms with Gasteiger partial charge in [0.25, 0.3) is 0 Å². The first kappa shape index (κ1) is 11.0. The van der Waals surface area contributed by atoms with Crippen LogP contribution in [0, 0.1) is 5.82 Å². The fourth-order valence-corrected chi connectivity index (χ4v) is 2.45. The van der Waals surface area contributed by atoms with Gasteiger partial charge in [-0.2, -0.15) is 0 Å². The highest BCUT2D eigenvalue weighted by Gasteiger charge is 2.37. The van der Waals surface area contributed by atoms with E-state index in [4.69, 9.17) is 0 Å². The van der Waals surface area contributed by atoms with E-state index in [1.54, 1.807) is 6.07 Å². The summed E-state index contributed by atoms with van der Waals surface area (Å²) >= 11 is 3.23. The van der Waals surface area contributed by atoms with Crippen molar-refractivity contribution >= 4 is 15.9 Å². The Morgan fingerprint density at radius 1 is 1.53 bits per heavy atom. The Hall–Kier alpha value is -0.450. The molecule has 0 bridgehead atoms. The molecule has 1 unspecified atom stereocenters. The van der Waals surface area contributed by atoms with Crippen LogP contribution in [0.2, 0.25) is 0 Å². The summed E-state index contributed by atoms with van der Waals surface area (Å²) in [5.41, 5.74) is 0.170. The van der Waals surface area contributed by atoms with Crippen LogP contribution >= 0.6 is 15.9 Å². The van der Waals surface area contributed by atoms with Crippen LogP contribution in [0.3, 0.4) is 0 Å². The Labute approximate surface area is 96.6 Å². The van der Waals surface area contributed by atoms with Crippen molar-refractivity contribution in [3.8, 4) is 0 Å². The molecule has 2 nitrogen and oxygen atoms in total. The van der Waals surface area contributed by atoms with Crippen LogP contribution in [0.25, 0.3) is 0 Å². The molecule has 82 valence electrons. The minimum Gasteiger partial charge on any atom is -0.395 e. The van der Waals surface area contributed by atoms with Gasteiger partial charge in [0.1, 0.15) is 5.82 Å². The van der Waals surface area contributed by atoms with Crippen LogP contribution in [-0.4, -0.2) is 24.8 Å². The lowest BCUT2D eigenvalue weighted by Crippen LogP contribution is -2.34. The Balaban J connectivity index is 2.42. The van der Waals surface area contributed by atoms with E-state index in [0.29, 0.717) is 12.1 Å². The number of hydrogen-bond acceptors (Lipinski definition) is 2. The van der Waals surface area contributed by atoms with E-state index in [9.17, 15) is 9.50 Å². The lowest BCUT2D eigenvalue weighted by atomic mass is 9.80. The van der Waals surface area contributed by atoms with Crippen LogP contribution in [0.15, 0.2) is 22.7 Å². The molecule has 1 aliphatic heterocycles. The first-order valence-corrected chi connectivity index (χ1v) is 5.74. The first-order valence-electron chi connectivity index (χ1n) is 4.95. The minimum absolute atomic E-state index is 0.0153. The second-order valence-electron chi connectivity index (χ2n) is 3.99. The highest BCUT2D eigenvalue weighted by Crippen LogP contribution is 2.33. The monoisotopic (exact) mass is 273 g/mol. The third kappa shape index (κ3) is 1.94. The first-order chi connectivity index (χ1) is 7.18. The number of aliphatic hydroxyl groups is 1. The summed E-state index contributed by atoms with van der Waals surface area (Å²) in [5.74, 6) is -0.248. The number of nitrogens with one attached hydrogen (secondary N) is 1. The maximum absolute atomic E-state index is 13.8. The maximum Gasteiger partial charge on any atom is 0.128 e. The van der Waals surface area contributed by atoms with Crippen molar-refractivity contribution < 1.29 is 9.50 Å². The highest BCUT2D eigenvalue weighted by molar-refractivity contribution is 9.10. The van der Waals surface area contributed by atoms with Gasteiger partial charge < -0.3 is 10.4 Å². The predicted octanol–water partition coefficient (Wildman–Crippen LogP) is 1.81. The molecule has 1 aliphatic rings. The van der Waals surface area contributed by atoms with Crippen molar-refractivity contribution in [1.29, 1.82) is 0 Å². The molecule has 15 heavy (non-hydrogen) atoms. The molecule has 1 fully saturated rings. The molecule has 0 amide bonds. The molecule has 0 radical (unpaired) electrons. The molecule has 2 rings (SSSR count). The van der Waals surface area contributed by atoms with Gasteiger partial charge in [-0.3, -0.25) is 0 Å². The molecule has 1 aromatic carbocycles. The van der Waals surface area contributed by atoms with E-state index < -0.39 is 5.41 Å². The molecule has 1 saturated heterocycles. The third-order valence-electron chi connectivity index (χ3n) is 3.05. The average Bonchev–Trinajstić information content (AvgIpc) is 2.67. The van der Waals surface area contributed by atoms with E-state index in [1.165, 1.54) is 6.07 Å². The zero-order valence-corrected chi connectivity index (χ0v) is 9.85. The van der Waals surface area contributed by atoms with Gasteiger partial charge in [-0.05, 0) is 30.7 Å². The summed E-state index contributed by atoms with van der Waals surface area (Å²) in [6.45, 7) is 1.46. The van der Waals surface area contributed by atoms with Crippen LogP contribution in [0.4, 0.5) is 4.39 Å². The fraction of sp³-hybridized carbons (Fsp3) is 0.455. The molecule has 1 aromatic rings. The molecular formula is C11H13BrFNO. The summed E-state index contributed by atoms with van der Waals surface area (Å²) in [4.78, 5) is 0. The van der Waals surface area contributed by atoms with E-state index in [0.717, 1.165) is 17.4 Å².